The fourth-order valence-corrected chi connectivity index (χ4v) is 2.88. The molecule has 0 saturated carbocycles. The van der Waals surface area contributed by atoms with Gasteiger partial charge in [-0.15, -0.1) is 0 Å². The number of benzene rings is 2. The summed E-state index contributed by atoms with van der Waals surface area (Å²) in [4.78, 5) is 23.9. The minimum absolute atomic E-state index is 0.119. The van der Waals surface area contributed by atoms with Gasteiger partial charge >= 0.3 is 12.4 Å². The highest BCUT2D eigenvalue weighted by atomic mass is 16.5. The monoisotopic (exact) mass is 340 g/mol. The molecule has 1 atom stereocenters. The van der Waals surface area contributed by atoms with Gasteiger partial charge in [0.25, 0.3) is 0 Å². The van der Waals surface area contributed by atoms with Gasteiger partial charge in [-0.3, -0.25) is 4.79 Å². The Kier molecular flexibility index (Phi) is 6.90. The Morgan fingerprint density at radius 2 is 1.72 bits per heavy atom. The van der Waals surface area contributed by atoms with Crippen molar-refractivity contribution >= 4 is 18.1 Å². The summed E-state index contributed by atoms with van der Waals surface area (Å²) in [5.74, 6) is -0.265. The first-order valence-electron chi connectivity index (χ1n) is 8.69. The molecule has 2 aromatic rings. The molecule has 0 bridgehead atoms. The fourth-order valence-electron chi connectivity index (χ4n) is 2.88. The Morgan fingerprint density at radius 3 is 2.32 bits per heavy atom. The number of carbonyl (C=O) groups is 2. The van der Waals surface area contributed by atoms with Crippen molar-refractivity contribution in [2.75, 3.05) is 19.7 Å². The lowest BCUT2D eigenvalue weighted by molar-refractivity contribution is -0.143. The van der Waals surface area contributed by atoms with Crippen molar-refractivity contribution in [1.82, 2.24) is 4.48 Å². The molecular formula is C21H26NO3+. The molecule has 0 fully saturated rings. The summed E-state index contributed by atoms with van der Waals surface area (Å²) in [6.45, 7) is 5.17. The van der Waals surface area contributed by atoms with Crippen LogP contribution in [0.1, 0.15) is 24.5 Å². The van der Waals surface area contributed by atoms with Crippen LogP contribution in [0.25, 0.3) is 0 Å². The maximum atomic E-state index is 12.1. The van der Waals surface area contributed by atoms with Crippen molar-refractivity contribution in [3.63, 3.8) is 0 Å². The van der Waals surface area contributed by atoms with Crippen molar-refractivity contribution < 1.29 is 14.3 Å². The van der Waals surface area contributed by atoms with Gasteiger partial charge in [0.1, 0.15) is 12.2 Å². The number of aryl methyl sites for hydroxylation is 1. The lowest BCUT2D eigenvalue weighted by Crippen LogP contribution is -2.51. The smallest absolute Gasteiger partial charge is 0.311 e. The van der Waals surface area contributed by atoms with Gasteiger partial charge in [0.2, 0.25) is 0 Å². The van der Waals surface area contributed by atoms with E-state index < -0.39 is 0 Å². The first-order chi connectivity index (χ1) is 12.1. The summed E-state index contributed by atoms with van der Waals surface area (Å²) in [5.41, 5.74) is 3.22. The predicted octanol–water partition coefficient (Wildman–Crippen LogP) is 3.65. The van der Waals surface area contributed by atoms with E-state index in [9.17, 15) is 9.59 Å². The molecule has 0 radical (unpaired) electrons. The number of rotatable bonds is 9. The average molecular weight is 340 g/mol. The van der Waals surface area contributed by atoms with Crippen LogP contribution in [0.15, 0.2) is 54.6 Å². The van der Waals surface area contributed by atoms with Crippen LogP contribution in [0.5, 0.6) is 0 Å². The van der Waals surface area contributed by atoms with Crippen LogP contribution < -0.4 is 4.48 Å². The van der Waals surface area contributed by atoms with Crippen LogP contribution in [0, 0.1) is 6.92 Å². The minimum Gasteiger partial charge on any atom is -0.466 e. The largest absolute Gasteiger partial charge is 0.466 e. The molecule has 1 amide bonds. The van der Waals surface area contributed by atoms with Crippen LogP contribution in [0.4, 0.5) is 5.69 Å². The SMILES string of the molecule is CCOC(=O)CC[N+](C=O)(CCc1ccccc1)c1ccc(C)cc1. The minimum atomic E-state index is -0.265. The molecule has 0 spiro atoms. The lowest BCUT2D eigenvalue weighted by Gasteiger charge is -2.31. The number of hydrogen-bond acceptors (Lipinski definition) is 3. The van der Waals surface area contributed by atoms with Crippen molar-refractivity contribution in [2.45, 2.75) is 26.7 Å². The third-order valence-corrected chi connectivity index (χ3v) is 4.41. The number of nitrogens with zero attached hydrogens (tertiary/aromatic N) is 1. The van der Waals surface area contributed by atoms with Gasteiger partial charge < -0.3 is 4.74 Å². The molecule has 0 aliphatic carbocycles. The number of amides is 1. The van der Waals surface area contributed by atoms with Crippen LogP contribution in [0.2, 0.25) is 0 Å². The Balaban J connectivity index is 2.22. The van der Waals surface area contributed by atoms with Crippen molar-refractivity contribution in [3.05, 3.63) is 65.7 Å². The zero-order valence-corrected chi connectivity index (χ0v) is 15.0. The van der Waals surface area contributed by atoms with E-state index in [0.717, 1.165) is 24.1 Å². The van der Waals surface area contributed by atoms with Gasteiger partial charge in [0, 0.05) is 6.42 Å². The molecule has 0 aromatic heterocycles. The molecule has 4 nitrogen and oxygen atoms in total. The van der Waals surface area contributed by atoms with Crippen LogP contribution in [-0.2, 0) is 20.7 Å². The summed E-state index contributed by atoms with van der Waals surface area (Å²) < 4.78 is 5.15. The molecule has 0 N–H and O–H groups in total. The molecule has 2 aromatic carbocycles. The molecule has 25 heavy (non-hydrogen) atoms. The Labute approximate surface area is 149 Å². The number of quaternary nitrogens is 1. The second-order valence-corrected chi connectivity index (χ2v) is 6.21. The molecular weight excluding hydrogens is 314 g/mol. The zero-order valence-electron chi connectivity index (χ0n) is 15.0. The van der Waals surface area contributed by atoms with Gasteiger partial charge in [-0.2, -0.15) is 0 Å². The maximum absolute atomic E-state index is 12.1. The van der Waals surface area contributed by atoms with Gasteiger partial charge in [-0.1, -0.05) is 48.0 Å². The van der Waals surface area contributed by atoms with Gasteiger partial charge in [-0.05, 0) is 31.5 Å². The van der Waals surface area contributed by atoms with E-state index >= 15 is 0 Å². The number of carbonyl (C=O) groups excluding carboxylic acids is 2. The Hall–Kier alpha value is -2.46. The van der Waals surface area contributed by atoms with Crippen molar-refractivity contribution in [2.24, 2.45) is 0 Å². The van der Waals surface area contributed by atoms with E-state index in [1.54, 1.807) is 6.92 Å². The summed E-state index contributed by atoms with van der Waals surface area (Å²) in [6, 6.07) is 18.0. The molecule has 0 saturated heterocycles. The lowest BCUT2D eigenvalue weighted by atomic mass is 10.1. The summed E-state index contributed by atoms with van der Waals surface area (Å²) in [5, 5.41) is 0. The van der Waals surface area contributed by atoms with Crippen LogP contribution in [0.3, 0.4) is 0 Å². The summed E-state index contributed by atoms with van der Waals surface area (Å²) in [6.07, 6.45) is 1.93. The number of ether oxygens (including phenoxy) is 1. The highest BCUT2D eigenvalue weighted by molar-refractivity contribution is 5.74. The molecule has 2 rings (SSSR count). The first kappa shape index (κ1) is 18.9. The second-order valence-electron chi connectivity index (χ2n) is 6.21. The molecule has 0 aliphatic heterocycles. The van der Waals surface area contributed by atoms with Gasteiger partial charge in [0.15, 0.2) is 0 Å². The van der Waals surface area contributed by atoms with E-state index in [0.29, 0.717) is 19.7 Å². The van der Waals surface area contributed by atoms with Crippen LogP contribution >= 0.6 is 0 Å². The number of hydrogen-bond donors (Lipinski definition) is 0. The standard InChI is InChI=1S/C21H26NO3/c1-3-25-21(24)14-16-22(17-23,20-11-9-18(2)10-12-20)15-13-19-7-5-4-6-8-19/h4-12,17H,3,13-16H2,1-2H3/q+1. The zero-order chi connectivity index (χ0) is 18.1. The highest BCUT2D eigenvalue weighted by Gasteiger charge is 2.31. The fraction of sp³-hybridized carbons (Fsp3) is 0.333. The van der Waals surface area contributed by atoms with Crippen molar-refractivity contribution in [3.8, 4) is 0 Å². The highest BCUT2D eigenvalue weighted by Crippen LogP contribution is 2.23. The number of esters is 1. The quantitative estimate of drug-likeness (QED) is 0.397. The van der Waals surface area contributed by atoms with Gasteiger partial charge in [0.05, 0.1) is 19.6 Å². The molecule has 1 unspecified atom stereocenters. The third-order valence-electron chi connectivity index (χ3n) is 4.41. The van der Waals surface area contributed by atoms with E-state index in [-0.39, 0.29) is 16.9 Å². The van der Waals surface area contributed by atoms with Crippen LogP contribution in [-0.4, -0.2) is 32.1 Å². The molecule has 132 valence electrons. The molecule has 0 aliphatic rings. The van der Waals surface area contributed by atoms with Crippen molar-refractivity contribution in [1.29, 1.82) is 0 Å². The molecule has 4 heteroatoms. The Morgan fingerprint density at radius 1 is 1.04 bits per heavy atom. The second kappa shape index (κ2) is 9.14. The average Bonchev–Trinajstić information content (AvgIpc) is 2.64. The normalized spacial score (nSPS) is 13.0. The molecule has 0 heterocycles. The summed E-state index contributed by atoms with van der Waals surface area (Å²) >= 11 is 0. The predicted molar refractivity (Wildman–Crippen MR) is 100 cm³/mol. The first-order valence-corrected chi connectivity index (χ1v) is 8.69. The van der Waals surface area contributed by atoms with E-state index in [1.165, 1.54) is 5.56 Å². The summed E-state index contributed by atoms with van der Waals surface area (Å²) in [7, 11) is 0. The van der Waals surface area contributed by atoms with Gasteiger partial charge in [-0.25, -0.2) is 9.28 Å². The van der Waals surface area contributed by atoms with E-state index in [1.807, 2.05) is 49.4 Å². The van der Waals surface area contributed by atoms with E-state index in [4.69, 9.17) is 4.74 Å². The maximum Gasteiger partial charge on any atom is 0.311 e. The topological polar surface area (TPSA) is 43.4 Å². The van der Waals surface area contributed by atoms with E-state index in [2.05, 4.69) is 12.1 Å². The Bertz CT molecular complexity index is 682. The third kappa shape index (κ3) is 5.26.